The molecular weight excluding hydrogens is 472 g/mol. The number of fused-ring (bicyclic) bond motifs is 2. The number of nitrogens with one attached hydrogen (secondary N) is 2. The lowest BCUT2D eigenvalue weighted by Gasteiger charge is -2.45. The number of nitrogens with zero attached hydrogens (tertiary/aromatic N) is 2. The lowest BCUT2D eigenvalue weighted by molar-refractivity contribution is 0.156. The molecule has 2 aliphatic rings. The van der Waals surface area contributed by atoms with Crippen LogP contribution in [0.3, 0.4) is 0 Å². The summed E-state index contributed by atoms with van der Waals surface area (Å²) in [6, 6.07) is 12.2. The van der Waals surface area contributed by atoms with Gasteiger partial charge in [0.25, 0.3) is 0 Å². The molecular formula is C25H29ClN4O3S. The number of aromatic nitrogens is 1. The van der Waals surface area contributed by atoms with Crippen LogP contribution < -0.4 is 20.1 Å². The topological polar surface area (TPSA) is 75.7 Å². The van der Waals surface area contributed by atoms with Crippen LogP contribution in [-0.4, -0.2) is 55.8 Å². The molecule has 2 amide bonds. The zero-order valence-electron chi connectivity index (χ0n) is 19.6. The normalized spacial score (nSPS) is 24.6. The highest BCUT2D eigenvalue weighted by atomic mass is 35.5. The Balaban J connectivity index is 1.29. The van der Waals surface area contributed by atoms with Crippen molar-refractivity contribution in [2.24, 2.45) is 0 Å². The monoisotopic (exact) mass is 500 g/mol. The van der Waals surface area contributed by atoms with Crippen molar-refractivity contribution in [2.75, 3.05) is 33.1 Å². The molecule has 1 aliphatic carbocycles. The minimum Gasteiger partial charge on any atom is -0.493 e. The van der Waals surface area contributed by atoms with Crippen molar-refractivity contribution in [1.29, 1.82) is 0 Å². The van der Waals surface area contributed by atoms with Gasteiger partial charge < -0.3 is 19.7 Å². The Bertz CT molecular complexity index is 1220. The molecule has 0 bridgehead atoms. The second-order valence-corrected chi connectivity index (χ2v) is 10.6. The highest BCUT2D eigenvalue weighted by Gasteiger charge is 2.50. The van der Waals surface area contributed by atoms with Gasteiger partial charge in [0.2, 0.25) is 0 Å². The first-order valence-electron chi connectivity index (χ1n) is 11.5. The number of hydrogen-bond donors (Lipinski definition) is 2. The molecule has 2 heterocycles. The van der Waals surface area contributed by atoms with Crippen LogP contribution in [0.25, 0.3) is 10.2 Å². The average Bonchev–Trinajstić information content (AvgIpc) is 3.40. The van der Waals surface area contributed by atoms with Crippen molar-refractivity contribution in [3.05, 3.63) is 47.0 Å². The van der Waals surface area contributed by atoms with Gasteiger partial charge in [-0.05, 0) is 69.1 Å². The predicted octanol–water partition coefficient (Wildman–Crippen LogP) is 5.28. The highest BCUT2D eigenvalue weighted by molar-refractivity contribution is 7.22. The van der Waals surface area contributed by atoms with E-state index in [1.54, 1.807) is 20.3 Å². The number of benzene rings is 2. The van der Waals surface area contributed by atoms with Crippen LogP contribution in [0.15, 0.2) is 36.4 Å². The van der Waals surface area contributed by atoms with Gasteiger partial charge in [-0.1, -0.05) is 35.1 Å². The molecule has 9 heteroatoms. The minimum absolute atomic E-state index is 0.0484. The number of anilines is 1. The predicted molar refractivity (Wildman–Crippen MR) is 137 cm³/mol. The standard InChI is InChI=1S/C25H29ClN4O3S/c1-30-12-11-25(15-7-8-18(32-2)19(13-15)33-3)10-9-16(14-21(25)30)27-23(31)29-24-28-22-17(26)5-4-6-20(22)34-24/h4-8,13,16,21H,9-12,14H2,1-3H3,(H2,27,28,29,31)/t16-,21+,25+/m1/s1. The Morgan fingerprint density at radius 1 is 1.21 bits per heavy atom. The summed E-state index contributed by atoms with van der Waals surface area (Å²) in [5.41, 5.74) is 2.05. The third-order valence-electron chi connectivity index (χ3n) is 7.41. The lowest BCUT2D eigenvalue weighted by atomic mass is 9.65. The van der Waals surface area contributed by atoms with Gasteiger partial charge >= 0.3 is 6.03 Å². The maximum atomic E-state index is 12.8. The molecule has 1 aliphatic heterocycles. The molecule has 2 fully saturated rings. The quantitative estimate of drug-likeness (QED) is 0.498. The van der Waals surface area contributed by atoms with E-state index in [-0.39, 0.29) is 17.5 Å². The Morgan fingerprint density at radius 2 is 2.03 bits per heavy atom. The number of thiazole rings is 1. The Labute approximate surface area is 208 Å². The van der Waals surface area contributed by atoms with Crippen molar-refractivity contribution < 1.29 is 14.3 Å². The van der Waals surface area contributed by atoms with Crippen LogP contribution >= 0.6 is 22.9 Å². The Kier molecular flexibility index (Phi) is 6.31. The van der Waals surface area contributed by atoms with E-state index in [0.717, 1.165) is 53.9 Å². The molecule has 3 aromatic rings. The first kappa shape index (κ1) is 23.2. The highest BCUT2D eigenvalue weighted by Crippen LogP contribution is 2.49. The maximum Gasteiger partial charge on any atom is 0.321 e. The van der Waals surface area contributed by atoms with E-state index in [1.165, 1.54) is 16.9 Å². The SMILES string of the molecule is COc1ccc([C@@]23CC[C@@H](NC(=O)Nc4nc5c(Cl)cccc5s4)C[C@@H]2N(C)CC3)cc1OC. The van der Waals surface area contributed by atoms with Gasteiger partial charge in [-0.15, -0.1) is 0 Å². The summed E-state index contributed by atoms with van der Waals surface area (Å²) >= 11 is 7.65. The lowest BCUT2D eigenvalue weighted by Crippen LogP contribution is -2.52. The van der Waals surface area contributed by atoms with E-state index in [9.17, 15) is 4.79 Å². The summed E-state index contributed by atoms with van der Waals surface area (Å²) in [6.07, 6.45) is 3.90. The molecule has 2 aromatic carbocycles. The number of halogens is 1. The number of carbonyl (C=O) groups excluding carboxylic acids is 1. The van der Waals surface area contributed by atoms with E-state index in [4.69, 9.17) is 21.1 Å². The molecule has 0 unspecified atom stereocenters. The summed E-state index contributed by atoms with van der Waals surface area (Å²) in [4.78, 5) is 19.7. The zero-order chi connectivity index (χ0) is 23.9. The number of rotatable bonds is 5. The molecule has 34 heavy (non-hydrogen) atoms. The van der Waals surface area contributed by atoms with E-state index >= 15 is 0 Å². The van der Waals surface area contributed by atoms with Gasteiger partial charge in [-0.2, -0.15) is 0 Å². The fourth-order valence-electron chi connectivity index (χ4n) is 5.68. The summed E-state index contributed by atoms with van der Waals surface area (Å²) in [5, 5.41) is 7.22. The van der Waals surface area contributed by atoms with Crippen molar-refractivity contribution in [1.82, 2.24) is 15.2 Å². The first-order valence-corrected chi connectivity index (χ1v) is 12.7. The molecule has 1 saturated carbocycles. The fourth-order valence-corrected chi connectivity index (χ4v) is 6.84. The van der Waals surface area contributed by atoms with E-state index in [2.05, 4.69) is 39.7 Å². The number of urea groups is 1. The third-order valence-corrected chi connectivity index (χ3v) is 8.65. The zero-order valence-corrected chi connectivity index (χ0v) is 21.1. The number of amides is 2. The molecule has 5 rings (SSSR count). The summed E-state index contributed by atoms with van der Waals surface area (Å²) in [5.74, 6) is 1.51. The van der Waals surface area contributed by atoms with Gasteiger partial charge in [-0.3, -0.25) is 5.32 Å². The van der Waals surface area contributed by atoms with E-state index in [1.807, 2.05) is 18.2 Å². The van der Waals surface area contributed by atoms with Crippen LogP contribution in [0.5, 0.6) is 11.5 Å². The number of carbonyl (C=O) groups is 1. The number of likely N-dealkylation sites (tertiary alicyclic amines) is 1. The first-order chi connectivity index (χ1) is 16.4. The van der Waals surface area contributed by atoms with Gasteiger partial charge in [0, 0.05) is 17.5 Å². The summed E-state index contributed by atoms with van der Waals surface area (Å²) in [7, 11) is 5.52. The molecule has 180 valence electrons. The maximum absolute atomic E-state index is 12.8. The molecule has 0 radical (unpaired) electrons. The van der Waals surface area contributed by atoms with Gasteiger partial charge in [0.15, 0.2) is 16.6 Å². The second-order valence-electron chi connectivity index (χ2n) is 9.15. The van der Waals surface area contributed by atoms with E-state index < -0.39 is 0 Å². The molecule has 7 nitrogen and oxygen atoms in total. The van der Waals surface area contributed by atoms with Crippen molar-refractivity contribution in [3.63, 3.8) is 0 Å². The largest absolute Gasteiger partial charge is 0.493 e. The van der Waals surface area contributed by atoms with Crippen LogP contribution in [0, 0.1) is 0 Å². The third kappa shape index (κ3) is 4.08. The number of likely N-dealkylation sites (N-methyl/N-ethyl adjacent to an activating group) is 1. The molecule has 0 spiro atoms. The Hall–Kier alpha value is -2.55. The van der Waals surface area contributed by atoms with Gasteiger partial charge in [0.05, 0.1) is 23.9 Å². The smallest absolute Gasteiger partial charge is 0.321 e. The Morgan fingerprint density at radius 3 is 2.79 bits per heavy atom. The minimum atomic E-state index is -0.223. The van der Waals surface area contributed by atoms with E-state index in [0.29, 0.717) is 16.2 Å². The molecule has 3 atom stereocenters. The fraction of sp³-hybridized carbons (Fsp3) is 0.440. The second kappa shape index (κ2) is 9.24. The van der Waals surface area contributed by atoms with Crippen LogP contribution in [0.1, 0.15) is 31.2 Å². The number of hydrogen-bond acceptors (Lipinski definition) is 6. The molecule has 1 aromatic heterocycles. The average molecular weight is 501 g/mol. The molecule has 1 saturated heterocycles. The van der Waals surface area contributed by atoms with Crippen molar-refractivity contribution in [2.45, 2.75) is 43.2 Å². The van der Waals surface area contributed by atoms with Crippen LogP contribution in [-0.2, 0) is 5.41 Å². The number of ether oxygens (including phenoxy) is 2. The number of methoxy groups -OCH3 is 2. The van der Waals surface area contributed by atoms with Crippen molar-refractivity contribution in [3.8, 4) is 11.5 Å². The van der Waals surface area contributed by atoms with Crippen LogP contribution in [0.4, 0.5) is 9.93 Å². The summed E-state index contributed by atoms with van der Waals surface area (Å²) < 4.78 is 12.0. The van der Waals surface area contributed by atoms with Gasteiger partial charge in [-0.25, -0.2) is 9.78 Å². The molecule has 2 N–H and O–H groups in total. The van der Waals surface area contributed by atoms with Gasteiger partial charge in [0.1, 0.15) is 5.52 Å². The van der Waals surface area contributed by atoms with Crippen LogP contribution in [0.2, 0.25) is 5.02 Å². The van der Waals surface area contributed by atoms with Crippen molar-refractivity contribution >= 4 is 44.3 Å². The summed E-state index contributed by atoms with van der Waals surface area (Å²) in [6.45, 7) is 1.03. The number of para-hydroxylation sites is 1.